The maximum atomic E-state index is 12.8. The van der Waals surface area contributed by atoms with Crippen molar-refractivity contribution in [3.8, 4) is 11.5 Å². The highest BCUT2D eigenvalue weighted by Crippen LogP contribution is 2.25. The number of rotatable bonds is 8. The molecule has 0 spiro atoms. The Kier molecular flexibility index (Phi) is 8.74. The van der Waals surface area contributed by atoms with Gasteiger partial charge in [0.1, 0.15) is 11.5 Å². The van der Waals surface area contributed by atoms with Crippen LogP contribution in [-0.4, -0.2) is 59.6 Å². The summed E-state index contributed by atoms with van der Waals surface area (Å²) in [5.74, 6) is -0.862. The Balaban J connectivity index is 1.97. The number of carbonyl (C=O) groups is 4. The number of sulfone groups is 1. The van der Waals surface area contributed by atoms with E-state index in [0.29, 0.717) is 0 Å². The number of urea groups is 2. The largest absolute Gasteiger partial charge is 0.484 e. The first-order valence-electron chi connectivity index (χ1n) is 9.39. The van der Waals surface area contributed by atoms with Crippen LogP contribution in [0.15, 0.2) is 58.3 Å². The van der Waals surface area contributed by atoms with E-state index in [1.807, 2.05) is 10.6 Å². The van der Waals surface area contributed by atoms with Crippen molar-refractivity contribution < 1.29 is 37.1 Å². The molecule has 0 fully saturated rings. The number of amides is 6. The van der Waals surface area contributed by atoms with Gasteiger partial charge in [-0.2, -0.15) is 0 Å². The molecule has 0 aliphatic heterocycles. The van der Waals surface area contributed by atoms with Gasteiger partial charge >= 0.3 is 12.1 Å². The predicted octanol–water partition coefficient (Wildman–Crippen LogP) is 0.188. The van der Waals surface area contributed by atoms with Crippen molar-refractivity contribution in [2.45, 2.75) is 9.79 Å². The predicted molar refractivity (Wildman–Crippen MR) is 115 cm³/mol. The summed E-state index contributed by atoms with van der Waals surface area (Å²) in [6.45, 7) is -0.857. The Morgan fingerprint density at radius 1 is 0.667 bits per heavy atom. The smallest absolute Gasteiger partial charge is 0.321 e. The molecular formula is C20H22N4O8S. The summed E-state index contributed by atoms with van der Waals surface area (Å²) in [6, 6.07) is 9.42. The van der Waals surface area contributed by atoms with Crippen molar-refractivity contribution >= 4 is 33.7 Å². The summed E-state index contributed by atoms with van der Waals surface area (Å²) < 4.78 is 36.0. The molecule has 0 radical (unpaired) electrons. The molecule has 0 heterocycles. The van der Waals surface area contributed by atoms with Gasteiger partial charge in [0, 0.05) is 14.1 Å². The first kappa shape index (κ1) is 25.1. The fourth-order valence-electron chi connectivity index (χ4n) is 2.31. The van der Waals surface area contributed by atoms with Gasteiger partial charge < -0.3 is 20.1 Å². The van der Waals surface area contributed by atoms with Crippen LogP contribution in [0.1, 0.15) is 0 Å². The standard InChI is InChI=1S/C20H22N4O8S/c1-21-19(27)23-17(25)11-31-13-3-7-15(8-4-13)33(29,30)16-9-5-14(6-10-16)32-12-18(26)24-20(28)22-2/h3-10H,11-12H2,1-2H3,(H2,21,23,25,27)(H2,22,24,26,28). The lowest BCUT2D eigenvalue weighted by Crippen LogP contribution is -2.39. The average molecular weight is 478 g/mol. The molecule has 2 aromatic rings. The Bertz CT molecular complexity index is 1030. The van der Waals surface area contributed by atoms with E-state index in [9.17, 15) is 27.6 Å². The zero-order chi connectivity index (χ0) is 24.4. The lowest BCUT2D eigenvalue weighted by atomic mass is 10.3. The molecular weight excluding hydrogens is 456 g/mol. The van der Waals surface area contributed by atoms with Crippen LogP contribution in [0.2, 0.25) is 0 Å². The highest BCUT2D eigenvalue weighted by Gasteiger charge is 2.18. The molecule has 0 bridgehead atoms. The van der Waals surface area contributed by atoms with Crippen LogP contribution < -0.4 is 30.7 Å². The number of carbonyl (C=O) groups excluding carboxylic acids is 4. The normalized spacial score (nSPS) is 10.5. The van der Waals surface area contributed by atoms with E-state index in [1.54, 1.807) is 0 Å². The summed E-state index contributed by atoms with van der Waals surface area (Å²) in [5, 5.41) is 8.50. The summed E-state index contributed by atoms with van der Waals surface area (Å²) in [7, 11) is -1.13. The number of imide groups is 2. The molecule has 0 atom stereocenters. The summed E-state index contributed by atoms with van der Waals surface area (Å²) in [4.78, 5) is 45.1. The number of hydrogen-bond donors (Lipinski definition) is 4. The van der Waals surface area contributed by atoms with Gasteiger partial charge in [-0.3, -0.25) is 20.2 Å². The van der Waals surface area contributed by atoms with E-state index < -0.39 is 46.9 Å². The lowest BCUT2D eigenvalue weighted by molar-refractivity contribution is -0.122. The fourth-order valence-corrected chi connectivity index (χ4v) is 3.58. The fraction of sp³-hybridized carbons (Fsp3) is 0.200. The quantitative estimate of drug-likeness (QED) is 0.417. The molecule has 0 aliphatic carbocycles. The first-order chi connectivity index (χ1) is 15.6. The average Bonchev–Trinajstić information content (AvgIpc) is 2.81. The van der Waals surface area contributed by atoms with Gasteiger partial charge in [-0.15, -0.1) is 0 Å². The third-order valence-electron chi connectivity index (χ3n) is 3.97. The van der Waals surface area contributed by atoms with Crippen molar-refractivity contribution in [3.63, 3.8) is 0 Å². The Labute approximate surface area is 189 Å². The zero-order valence-corrected chi connectivity index (χ0v) is 18.5. The van der Waals surface area contributed by atoms with Crippen LogP contribution in [-0.2, 0) is 19.4 Å². The van der Waals surface area contributed by atoms with Crippen molar-refractivity contribution in [3.05, 3.63) is 48.5 Å². The Hall–Kier alpha value is -4.13. The van der Waals surface area contributed by atoms with Gasteiger partial charge in [0.25, 0.3) is 11.8 Å². The molecule has 33 heavy (non-hydrogen) atoms. The second kappa shape index (κ2) is 11.5. The third kappa shape index (κ3) is 7.50. The number of nitrogens with one attached hydrogen (secondary N) is 4. The number of benzene rings is 2. The third-order valence-corrected chi connectivity index (χ3v) is 5.75. The first-order valence-corrected chi connectivity index (χ1v) is 10.9. The van der Waals surface area contributed by atoms with Crippen molar-refractivity contribution in [1.29, 1.82) is 0 Å². The van der Waals surface area contributed by atoms with Crippen LogP contribution in [0, 0.1) is 0 Å². The molecule has 13 heteroatoms. The molecule has 12 nitrogen and oxygen atoms in total. The molecule has 6 amide bonds. The summed E-state index contributed by atoms with van der Waals surface area (Å²) in [5.41, 5.74) is 0. The highest BCUT2D eigenvalue weighted by molar-refractivity contribution is 7.91. The van der Waals surface area contributed by atoms with Gasteiger partial charge in [0.15, 0.2) is 13.2 Å². The van der Waals surface area contributed by atoms with Gasteiger partial charge in [-0.05, 0) is 48.5 Å². The van der Waals surface area contributed by atoms with Crippen LogP contribution >= 0.6 is 0 Å². The second-order valence-corrected chi connectivity index (χ2v) is 8.23. The van der Waals surface area contributed by atoms with Crippen LogP contribution in [0.25, 0.3) is 0 Å². The van der Waals surface area contributed by atoms with E-state index in [2.05, 4.69) is 10.6 Å². The van der Waals surface area contributed by atoms with Crippen molar-refractivity contribution in [2.75, 3.05) is 27.3 Å². The number of ether oxygens (including phenoxy) is 2. The molecule has 0 aliphatic rings. The van der Waals surface area contributed by atoms with Crippen LogP contribution in [0.3, 0.4) is 0 Å². The number of hydrogen-bond acceptors (Lipinski definition) is 8. The minimum atomic E-state index is -3.85. The maximum Gasteiger partial charge on any atom is 0.321 e. The Morgan fingerprint density at radius 3 is 1.30 bits per heavy atom. The Morgan fingerprint density at radius 2 is 1.00 bits per heavy atom. The van der Waals surface area contributed by atoms with E-state index >= 15 is 0 Å². The molecule has 2 rings (SSSR count). The molecule has 0 aromatic heterocycles. The lowest BCUT2D eigenvalue weighted by Gasteiger charge is -2.09. The molecule has 0 unspecified atom stereocenters. The van der Waals surface area contributed by atoms with Gasteiger partial charge in [0.05, 0.1) is 9.79 Å². The van der Waals surface area contributed by atoms with E-state index in [-0.39, 0.29) is 21.3 Å². The van der Waals surface area contributed by atoms with Crippen molar-refractivity contribution in [1.82, 2.24) is 21.3 Å². The zero-order valence-electron chi connectivity index (χ0n) is 17.7. The van der Waals surface area contributed by atoms with Gasteiger partial charge in [0.2, 0.25) is 9.84 Å². The van der Waals surface area contributed by atoms with E-state index in [1.165, 1.54) is 62.6 Å². The van der Waals surface area contributed by atoms with E-state index in [4.69, 9.17) is 9.47 Å². The van der Waals surface area contributed by atoms with Crippen molar-refractivity contribution in [2.24, 2.45) is 0 Å². The molecule has 0 saturated carbocycles. The minimum Gasteiger partial charge on any atom is -0.484 e. The van der Waals surface area contributed by atoms with Gasteiger partial charge in [-0.25, -0.2) is 18.0 Å². The topological polar surface area (TPSA) is 169 Å². The van der Waals surface area contributed by atoms with Crippen LogP contribution in [0.4, 0.5) is 9.59 Å². The minimum absolute atomic E-state index is 0.0108. The van der Waals surface area contributed by atoms with E-state index in [0.717, 1.165) is 0 Å². The SMILES string of the molecule is CNC(=O)NC(=O)COc1ccc(S(=O)(=O)c2ccc(OCC(=O)NC(=O)NC)cc2)cc1. The summed E-state index contributed by atoms with van der Waals surface area (Å²) >= 11 is 0. The second-order valence-electron chi connectivity index (χ2n) is 6.28. The molecule has 176 valence electrons. The summed E-state index contributed by atoms with van der Waals surface area (Å²) in [6.07, 6.45) is 0. The molecule has 0 saturated heterocycles. The maximum absolute atomic E-state index is 12.8. The highest BCUT2D eigenvalue weighted by atomic mass is 32.2. The molecule has 4 N–H and O–H groups in total. The van der Waals surface area contributed by atoms with Gasteiger partial charge in [-0.1, -0.05) is 0 Å². The molecule has 2 aromatic carbocycles. The van der Waals surface area contributed by atoms with Crippen LogP contribution in [0.5, 0.6) is 11.5 Å². The monoisotopic (exact) mass is 478 g/mol.